The minimum atomic E-state index is -1.13. The minimum absolute atomic E-state index is 0.0238. The number of nitrogens with two attached hydrogens (primary N) is 1. The molecule has 4 N–H and O–H groups in total. The molecule has 1 aliphatic rings. The molecule has 2 aromatic rings. The van der Waals surface area contributed by atoms with Gasteiger partial charge in [0.05, 0.1) is 22.3 Å². The van der Waals surface area contributed by atoms with E-state index in [1.54, 1.807) is 25.1 Å². The molecular weight excluding hydrogens is 326 g/mol. The summed E-state index contributed by atoms with van der Waals surface area (Å²) >= 11 is 0. The van der Waals surface area contributed by atoms with Gasteiger partial charge in [0.2, 0.25) is 0 Å². The fraction of sp³-hybridized carbons (Fsp3) is 0.353. The Bertz CT molecular complexity index is 844. The maximum Gasteiger partial charge on any atom is 0.407 e. The number of nitrogen functional groups attached to an aromatic ring is 1. The number of carboxylic acids is 1. The molecule has 0 saturated carbocycles. The lowest BCUT2D eigenvalue weighted by Crippen LogP contribution is -2.41. The number of ether oxygens (including phenoxy) is 1. The number of aromatic nitrogens is 1. The van der Waals surface area contributed by atoms with Crippen molar-refractivity contribution < 1.29 is 24.5 Å². The molecule has 2 heterocycles. The van der Waals surface area contributed by atoms with E-state index in [9.17, 15) is 14.7 Å². The quantitative estimate of drug-likeness (QED) is 0.779. The van der Waals surface area contributed by atoms with Crippen LogP contribution in [0.25, 0.3) is 10.9 Å². The number of anilines is 1. The van der Waals surface area contributed by atoms with Crippen molar-refractivity contribution in [2.24, 2.45) is 0 Å². The Labute approximate surface area is 143 Å². The Balaban J connectivity index is 1.93. The molecule has 1 fully saturated rings. The van der Waals surface area contributed by atoms with Gasteiger partial charge in [-0.15, -0.1) is 0 Å². The predicted octanol–water partition coefficient (Wildman–Crippen LogP) is 2.34. The van der Waals surface area contributed by atoms with Gasteiger partial charge in [-0.05, 0) is 19.1 Å². The van der Waals surface area contributed by atoms with Crippen LogP contribution in [0, 0.1) is 6.92 Å². The summed E-state index contributed by atoms with van der Waals surface area (Å²) in [5.41, 5.74) is 7.13. The first-order valence-electron chi connectivity index (χ1n) is 7.95. The van der Waals surface area contributed by atoms with Crippen molar-refractivity contribution in [2.45, 2.75) is 25.9 Å². The van der Waals surface area contributed by atoms with Gasteiger partial charge in [0, 0.05) is 25.9 Å². The second-order valence-corrected chi connectivity index (χ2v) is 6.03. The van der Waals surface area contributed by atoms with Crippen molar-refractivity contribution in [3.8, 4) is 5.75 Å². The Morgan fingerprint density at radius 1 is 1.28 bits per heavy atom. The third-order valence-corrected chi connectivity index (χ3v) is 4.41. The molecule has 25 heavy (non-hydrogen) atoms. The Morgan fingerprint density at radius 3 is 2.56 bits per heavy atom. The summed E-state index contributed by atoms with van der Waals surface area (Å²) in [6, 6.07) is 5.26. The lowest BCUT2D eigenvalue weighted by Gasteiger charge is -2.30. The van der Waals surface area contributed by atoms with Crippen LogP contribution in [0.5, 0.6) is 5.75 Å². The number of benzene rings is 1. The Hall–Kier alpha value is -3.03. The van der Waals surface area contributed by atoms with Gasteiger partial charge in [-0.3, -0.25) is 4.98 Å². The van der Waals surface area contributed by atoms with Crippen molar-refractivity contribution in [3.63, 3.8) is 0 Å². The van der Waals surface area contributed by atoms with Crippen LogP contribution >= 0.6 is 0 Å². The van der Waals surface area contributed by atoms with Crippen LogP contribution in [0.4, 0.5) is 10.5 Å². The summed E-state index contributed by atoms with van der Waals surface area (Å²) in [5, 5.41) is 18.9. The van der Waals surface area contributed by atoms with E-state index in [1.165, 1.54) is 4.90 Å². The lowest BCUT2D eigenvalue weighted by molar-refractivity contribution is 0.0696. The molecule has 3 rings (SSSR count). The van der Waals surface area contributed by atoms with E-state index in [2.05, 4.69) is 4.98 Å². The average molecular weight is 345 g/mol. The van der Waals surface area contributed by atoms with Crippen LogP contribution in [0.15, 0.2) is 18.2 Å². The molecule has 132 valence electrons. The van der Waals surface area contributed by atoms with Crippen LogP contribution in [-0.4, -0.2) is 51.4 Å². The molecule has 8 heteroatoms. The van der Waals surface area contributed by atoms with E-state index in [-0.39, 0.29) is 17.4 Å². The molecular formula is C17H19N3O5. The monoisotopic (exact) mass is 345 g/mol. The van der Waals surface area contributed by atoms with Crippen molar-refractivity contribution >= 4 is 28.7 Å². The lowest BCUT2D eigenvalue weighted by atomic mass is 10.0. The number of carboxylic acid groups (broad SMARTS) is 2. The van der Waals surface area contributed by atoms with Crippen LogP contribution in [0.2, 0.25) is 0 Å². The molecule has 0 bridgehead atoms. The zero-order valence-corrected chi connectivity index (χ0v) is 13.7. The third-order valence-electron chi connectivity index (χ3n) is 4.41. The number of nitrogens with zero attached hydrogens (tertiary/aromatic N) is 2. The molecule has 0 atom stereocenters. The molecule has 1 saturated heterocycles. The number of fused-ring (bicyclic) bond motifs is 1. The molecule has 1 aliphatic heterocycles. The average Bonchev–Trinajstić information content (AvgIpc) is 2.54. The summed E-state index contributed by atoms with van der Waals surface area (Å²) in [6.07, 6.45) is 0.0373. The zero-order valence-electron chi connectivity index (χ0n) is 13.7. The summed E-state index contributed by atoms with van der Waals surface area (Å²) in [5.74, 6) is -0.659. The van der Waals surface area contributed by atoms with Gasteiger partial charge in [0.1, 0.15) is 17.4 Å². The van der Waals surface area contributed by atoms with Gasteiger partial charge in [-0.2, -0.15) is 0 Å². The summed E-state index contributed by atoms with van der Waals surface area (Å²) in [4.78, 5) is 28.1. The van der Waals surface area contributed by atoms with Crippen LogP contribution < -0.4 is 10.5 Å². The number of piperidine rings is 1. The number of amides is 1. The minimum Gasteiger partial charge on any atom is -0.490 e. The standard InChI is InChI=1S/C17H19N3O5/c1-9-13(16(21)22)15(18)14-11(19-9)3-2-4-12(14)25-10-5-7-20(8-6-10)17(23)24/h2-4,10H,5-8H2,1H3,(H2,18,19)(H,21,22)(H,23,24). The molecule has 8 nitrogen and oxygen atoms in total. The number of rotatable bonds is 3. The third kappa shape index (κ3) is 3.15. The number of aryl methyl sites for hydroxylation is 1. The van der Waals surface area contributed by atoms with Crippen LogP contribution in [-0.2, 0) is 0 Å². The van der Waals surface area contributed by atoms with Gasteiger partial charge < -0.3 is 25.6 Å². The second-order valence-electron chi connectivity index (χ2n) is 6.03. The SMILES string of the molecule is Cc1nc2cccc(OC3CCN(C(=O)O)CC3)c2c(N)c1C(=O)O. The Kier molecular flexibility index (Phi) is 4.35. The van der Waals surface area contributed by atoms with E-state index in [0.29, 0.717) is 48.3 Å². The summed E-state index contributed by atoms with van der Waals surface area (Å²) < 4.78 is 6.02. The molecule has 1 aromatic carbocycles. The number of aromatic carboxylic acids is 1. The largest absolute Gasteiger partial charge is 0.490 e. The first-order valence-corrected chi connectivity index (χ1v) is 7.95. The van der Waals surface area contributed by atoms with E-state index in [0.717, 1.165) is 0 Å². The molecule has 1 amide bonds. The van der Waals surface area contributed by atoms with Gasteiger partial charge in [0.15, 0.2) is 0 Å². The van der Waals surface area contributed by atoms with E-state index in [4.69, 9.17) is 15.6 Å². The van der Waals surface area contributed by atoms with Gasteiger partial charge >= 0.3 is 12.1 Å². The molecule has 0 radical (unpaired) electrons. The number of likely N-dealkylation sites (tertiary alicyclic amines) is 1. The fourth-order valence-corrected chi connectivity index (χ4v) is 3.15. The van der Waals surface area contributed by atoms with E-state index in [1.807, 2.05) is 0 Å². The van der Waals surface area contributed by atoms with E-state index < -0.39 is 12.1 Å². The maximum absolute atomic E-state index is 11.5. The number of hydrogen-bond acceptors (Lipinski definition) is 5. The van der Waals surface area contributed by atoms with Crippen molar-refractivity contribution in [3.05, 3.63) is 29.5 Å². The Morgan fingerprint density at radius 2 is 1.96 bits per heavy atom. The fourth-order valence-electron chi connectivity index (χ4n) is 3.15. The second kappa shape index (κ2) is 6.46. The molecule has 0 spiro atoms. The summed E-state index contributed by atoms with van der Waals surface area (Å²) in [6.45, 7) is 2.41. The zero-order chi connectivity index (χ0) is 18.1. The van der Waals surface area contributed by atoms with Crippen molar-refractivity contribution in [2.75, 3.05) is 18.8 Å². The first kappa shape index (κ1) is 16.8. The van der Waals surface area contributed by atoms with Crippen LogP contribution in [0.1, 0.15) is 28.9 Å². The molecule has 0 unspecified atom stereocenters. The van der Waals surface area contributed by atoms with Crippen molar-refractivity contribution in [1.29, 1.82) is 0 Å². The highest BCUT2D eigenvalue weighted by molar-refractivity contribution is 6.06. The first-order chi connectivity index (χ1) is 11.9. The smallest absolute Gasteiger partial charge is 0.407 e. The number of carbonyl (C=O) groups is 2. The normalized spacial score (nSPS) is 15.3. The maximum atomic E-state index is 11.5. The number of hydrogen-bond donors (Lipinski definition) is 3. The molecule has 1 aromatic heterocycles. The predicted molar refractivity (Wildman–Crippen MR) is 91.1 cm³/mol. The van der Waals surface area contributed by atoms with E-state index >= 15 is 0 Å². The van der Waals surface area contributed by atoms with Crippen molar-refractivity contribution in [1.82, 2.24) is 9.88 Å². The number of pyridine rings is 1. The molecule has 0 aliphatic carbocycles. The van der Waals surface area contributed by atoms with Gasteiger partial charge in [-0.1, -0.05) is 6.07 Å². The van der Waals surface area contributed by atoms with Gasteiger partial charge in [0.25, 0.3) is 0 Å². The van der Waals surface area contributed by atoms with Gasteiger partial charge in [-0.25, -0.2) is 9.59 Å². The highest BCUT2D eigenvalue weighted by Gasteiger charge is 2.25. The van der Waals surface area contributed by atoms with Crippen LogP contribution in [0.3, 0.4) is 0 Å². The highest BCUT2D eigenvalue weighted by atomic mass is 16.5. The highest BCUT2D eigenvalue weighted by Crippen LogP contribution is 2.34. The topological polar surface area (TPSA) is 126 Å². The summed E-state index contributed by atoms with van der Waals surface area (Å²) in [7, 11) is 0.